The average Bonchev–Trinajstić information content (AvgIpc) is 1.86. The number of halogens is 2. The Bertz CT molecular complexity index is 123. The second kappa shape index (κ2) is 1.58. The molecule has 1 aliphatic heterocycles. The van der Waals surface area contributed by atoms with Gasteiger partial charge >= 0.3 is 5.97 Å². The zero-order valence-electron chi connectivity index (χ0n) is 3.99. The van der Waals surface area contributed by atoms with E-state index in [9.17, 15) is 9.18 Å². The Morgan fingerprint density at radius 2 is 2.50 bits per heavy atom. The molecule has 1 unspecified atom stereocenters. The van der Waals surface area contributed by atoms with Crippen LogP contribution in [0.1, 0.15) is 6.42 Å². The highest BCUT2D eigenvalue weighted by molar-refractivity contribution is 6.33. The first-order chi connectivity index (χ1) is 3.63. The number of rotatable bonds is 0. The molecule has 0 radical (unpaired) electrons. The summed E-state index contributed by atoms with van der Waals surface area (Å²) in [6.07, 6.45) is -0.0343. The van der Waals surface area contributed by atoms with Gasteiger partial charge in [-0.2, -0.15) is 0 Å². The van der Waals surface area contributed by atoms with Crippen LogP contribution in [0, 0.1) is 0 Å². The van der Waals surface area contributed by atoms with Crippen LogP contribution in [0.2, 0.25) is 0 Å². The molecule has 0 aromatic carbocycles. The molecule has 0 aromatic rings. The van der Waals surface area contributed by atoms with Gasteiger partial charge in [-0.05, 0) is 0 Å². The van der Waals surface area contributed by atoms with E-state index in [-0.39, 0.29) is 13.0 Å². The minimum absolute atomic E-state index is 0.0343. The van der Waals surface area contributed by atoms with Crippen molar-refractivity contribution in [1.29, 1.82) is 0 Å². The van der Waals surface area contributed by atoms with Crippen molar-refractivity contribution in [3.8, 4) is 0 Å². The summed E-state index contributed by atoms with van der Waals surface area (Å²) in [5.74, 6) is -0.959. The molecule has 2 nitrogen and oxygen atoms in total. The summed E-state index contributed by atoms with van der Waals surface area (Å²) >= 11 is 4.98. The molecule has 0 aliphatic carbocycles. The summed E-state index contributed by atoms with van der Waals surface area (Å²) in [4.78, 5) is 10.2. The van der Waals surface area contributed by atoms with Crippen molar-refractivity contribution in [2.75, 3.05) is 6.61 Å². The Balaban J connectivity index is 2.68. The quantitative estimate of drug-likeness (QED) is 0.366. The maximum absolute atomic E-state index is 12.3. The van der Waals surface area contributed by atoms with Crippen LogP contribution in [0.4, 0.5) is 4.39 Å². The lowest BCUT2D eigenvalue weighted by molar-refractivity contribution is -0.143. The van der Waals surface area contributed by atoms with Gasteiger partial charge < -0.3 is 4.74 Å². The van der Waals surface area contributed by atoms with Gasteiger partial charge in [0.05, 0.1) is 6.61 Å². The molecular weight excluding hydrogens is 134 g/mol. The van der Waals surface area contributed by atoms with E-state index >= 15 is 0 Å². The van der Waals surface area contributed by atoms with Gasteiger partial charge in [0.1, 0.15) is 0 Å². The number of alkyl halides is 2. The zero-order chi connectivity index (χ0) is 6.20. The molecule has 0 aromatic heterocycles. The molecule has 4 heteroatoms. The first-order valence-electron chi connectivity index (χ1n) is 2.18. The van der Waals surface area contributed by atoms with Crippen LogP contribution in [0.25, 0.3) is 0 Å². The van der Waals surface area contributed by atoms with Crippen LogP contribution in [0.15, 0.2) is 0 Å². The van der Waals surface area contributed by atoms with Crippen LogP contribution in [0.3, 0.4) is 0 Å². The highest BCUT2D eigenvalue weighted by Gasteiger charge is 2.42. The summed E-state index contributed by atoms with van der Waals surface area (Å²) < 4.78 is 16.5. The first kappa shape index (κ1) is 5.82. The van der Waals surface area contributed by atoms with Gasteiger partial charge in [-0.25, -0.2) is 9.18 Å². The highest BCUT2D eigenvalue weighted by Crippen LogP contribution is 2.28. The number of esters is 1. The third-order valence-corrected chi connectivity index (χ3v) is 1.29. The minimum atomic E-state index is -2.24. The van der Waals surface area contributed by atoms with Crippen molar-refractivity contribution in [3.05, 3.63) is 0 Å². The number of hydrogen-bond acceptors (Lipinski definition) is 2. The van der Waals surface area contributed by atoms with Crippen molar-refractivity contribution in [2.45, 2.75) is 11.5 Å². The normalized spacial score (nSPS) is 37.5. The molecule has 8 heavy (non-hydrogen) atoms. The van der Waals surface area contributed by atoms with E-state index in [4.69, 9.17) is 11.6 Å². The Morgan fingerprint density at radius 1 is 1.88 bits per heavy atom. The maximum atomic E-state index is 12.3. The van der Waals surface area contributed by atoms with Crippen molar-refractivity contribution in [3.63, 3.8) is 0 Å². The van der Waals surface area contributed by atoms with E-state index in [0.717, 1.165) is 0 Å². The molecular formula is C4H4ClFO2. The smallest absolute Gasteiger partial charge is 0.359 e. The summed E-state index contributed by atoms with van der Waals surface area (Å²) in [6, 6.07) is 0. The molecule has 1 atom stereocenters. The molecule has 46 valence electrons. The van der Waals surface area contributed by atoms with Crippen molar-refractivity contribution in [1.82, 2.24) is 0 Å². The number of carbonyl (C=O) groups excluding carboxylic acids is 1. The zero-order valence-corrected chi connectivity index (χ0v) is 4.74. The minimum Gasteiger partial charge on any atom is -0.462 e. The van der Waals surface area contributed by atoms with Crippen LogP contribution < -0.4 is 0 Å². The number of hydrogen-bond donors (Lipinski definition) is 0. The van der Waals surface area contributed by atoms with Crippen molar-refractivity contribution < 1.29 is 13.9 Å². The van der Waals surface area contributed by atoms with E-state index in [0.29, 0.717) is 0 Å². The topological polar surface area (TPSA) is 26.3 Å². The highest BCUT2D eigenvalue weighted by atomic mass is 35.5. The van der Waals surface area contributed by atoms with Crippen molar-refractivity contribution in [2.24, 2.45) is 0 Å². The summed E-state index contributed by atoms with van der Waals surface area (Å²) in [5, 5.41) is -2.24. The van der Waals surface area contributed by atoms with Gasteiger partial charge in [0, 0.05) is 6.42 Å². The third-order valence-electron chi connectivity index (χ3n) is 0.948. The van der Waals surface area contributed by atoms with Gasteiger partial charge in [-0.1, -0.05) is 11.6 Å². The molecule has 1 saturated heterocycles. The summed E-state index contributed by atoms with van der Waals surface area (Å²) in [5.41, 5.74) is 0. The predicted molar refractivity (Wildman–Crippen MR) is 25.3 cm³/mol. The Hall–Kier alpha value is -0.310. The monoisotopic (exact) mass is 138 g/mol. The maximum Gasteiger partial charge on any atom is 0.359 e. The second-order valence-electron chi connectivity index (χ2n) is 1.59. The average molecular weight is 139 g/mol. The van der Waals surface area contributed by atoms with Crippen molar-refractivity contribution >= 4 is 17.6 Å². The SMILES string of the molecule is O=C1OCCC1(F)Cl. The summed E-state index contributed by atoms with van der Waals surface area (Å²) in [7, 11) is 0. The predicted octanol–water partition coefficient (Wildman–Crippen LogP) is 0.838. The number of carbonyl (C=O) groups is 1. The molecule has 1 fully saturated rings. The van der Waals surface area contributed by atoms with Gasteiger partial charge in [-0.15, -0.1) is 0 Å². The third kappa shape index (κ3) is 0.777. The van der Waals surface area contributed by atoms with Crippen LogP contribution in [0.5, 0.6) is 0 Å². The molecule has 0 spiro atoms. The molecule has 1 rings (SSSR count). The lowest BCUT2D eigenvalue weighted by Gasteiger charge is -1.99. The fraction of sp³-hybridized carbons (Fsp3) is 0.750. The standard InChI is InChI=1S/C4H4ClFO2/c5-4(6)1-2-8-3(4)7/h1-2H2. The fourth-order valence-electron chi connectivity index (χ4n) is 0.480. The Labute approximate surface area is 50.6 Å². The molecule has 0 N–H and O–H groups in total. The van der Waals surface area contributed by atoms with Gasteiger partial charge in [0.2, 0.25) is 0 Å². The molecule has 1 heterocycles. The van der Waals surface area contributed by atoms with E-state index < -0.39 is 11.1 Å². The van der Waals surface area contributed by atoms with E-state index in [1.165, 1.54) is 0 Å². The van der Waals surface area contributed by atoms with E-state index in [1.54, 1.807) is 0 Å². The molecule has 0 bridgehead atoms. The van der Waals surface area contributed by atoms with E-state index in [2.05, 4.69) is 4.74 Å². The number of cyclic esters (lactones) is 1. The fourth-order valence-corrected chi connectivity index (χ4v) is 0.611. The lowest BCUT2D eigenvalue weighted by atomic mass is 10.3. The second-order valence-corrected chi connectivity index (χ2v) is 2.19. The van der Waals surface area contributed by atoms with Crippen LogP contribution in [-0.2, 0) is 9.53 Å². The summed E-state index contributed by atoms with van der Waals surface area (Å²) in [6.45, 7) is 0.0961. The van der Waals surface area contributed by atoms with Crippen LogP contribution >= 0.6 is 11.6 Å². The van der Waals surface area contributed by atoms with Gasteiger partial charge in [-0.3, -0.25) is 0 Å². The Kier molecular flexibility index (Phi) is 1.15. The lowest BCUT2D eigenvalue weighted by Crippen LogP contribution is -2.19. The molecule has 0 amide bonds. The molecule has 0 saturated carbocycles. The number of ether oxygens (including phenoxy) is 1. The van der Waals surface area contributed by atoms with Crippen LogP contribution in [-0.4, -0.2) is 17.7 Å². The molecule has 1 aliphatic rings. The largest absolute Gasteiger partial charge is 0.462 e. The Morgan fingerprint density at radius 3 is 2.62 bits per heavy atom. The first-order valence-corrected chi connectivity index (χ1v) is 2.56. The van der Waals surface area contributed by atoms with Gasteiger partial charge in [0.15, 0.2) is 0 Å². The van der Waals surface area contributed by atoms with Gasteiger partial charge in [0.25, 0.3) is 5.13 Å². The van der Waals surface area contributed by atoms with E-state index in [1.807, 2.05) is 0 Å².